The van der Waals surface area contributed by atoms with E-state index in [2.05, 4.69) is 24.3 Å². The van der Waals surface area contributed by atoms with Crippen LogP contribution in [-0.2, 0) is 13.5 Å². The zero-order valence-electron chi connectivity index (χ0n) is 12.9. The molecule has 0 radical (unpaired) electrons. The Labute approximate surface area is 121 Å². The van der Waals surface area contributed by atoms with Crippen molar-refractivity contribution < 1.29 is 4.79 Å². The van der Waals surface area contributed by atoms with Crippen LogP contribution in [-0.4, -0.2) is 46.3 Å². The molecule has 1 aliphatic rings. The first-order chi connectivity index (χ1) is 9.65. The number of hydrogen-bond acceptors (Lipinski definition) is 3. The van der Waals surface area contributed by atoms with E-state index in [1.54, 1.807) is 4.68 Å². The van der Waals surface area contributed by atoms with Crippen molar-refractivity contribution in [2.45, 2.75) is 45.6 Å². The SMILES string of the molecule is CCCNC1CCCN(C(=O)c2cc(CC)nn2C)C1. The van der Waals surface area contributed by atoms with E-state index in [1.807, 2.05) is 18.0 Å². The standard InChI is InChI=1S/C15H26N4O/c1-4-8-16-13-7-6-9-19(11-13)15(20)14-10-12(5-2)17-18(14)3/h10,13,16H,4-9,11H2,1-3H3. The van der Waals surface area contributed by atoms with E-state index in [4.69, 9.17) is 0 Å². The number of hydrogen-bond donors (Lipinski definition) is 1. The quantitative estimate of drug-likeness (QED) is 0.890. The third kappa shape index (κ3) is 3.39. The van der Waals surface area contributed by atoms with Crippen molar-refractivity contribution in [2.75, 3.05) is 19.6 Å². The molecule has 112 valence electrons. The van der Waals surface area contributed by atoms with Crippen LogP contribution in [0.15, 0.2) is 6.07 Å². The van der Waals surface area contributed by atoms with Crippen LogP contribution in [0.2, 0.25) is 0 Å². The van der Waals surface area contributed by atoms with Crippen LogP contribution in [0.5, 0.6) is 0 Å². The summed E-state index contributed by atoms with van der Waals surface area (Å²) in [5.74, 6) is 0.114. The summed E-state index contributed by atoms with van der Waals surface area (Å²) in [7, 11) is 1.85. The number of rotatable bonds is 5. The predicted molar refractivity (Wildman–Crippen MR) is 79.8 cm³/mol. The summed E-state index contributed by atoms with van der Waals surface area (Å²) < 4.78 is 1.71. The Hall–Kier alpha value is -1.36. The molecule has 1 saturated heterocycles. The van der Waals surface area contributed by atoms with Crippen LogP contribution < -0.4 is 5.32 Å². The number of aryl methyl sites for hydroxylation is 2. The van der Waals surface area contributed by atoms with Gasteiger partial charge in [-0.15, -0.1) is 0 Å². The van der Waals surface area contributed by atoms with E-state index in [-0.39, 0.29) is 5.91 Å². The summed E-state index contributed by atoms with van der Waals surface area (Å²) in [5, 5.41) is 7.89. The van der Waals surface area contributed by atoms with Crippen molar-refractivity contribution in [3.8, 4) is 0 Å². The molecule has 2 rings (SSSR count). The predicted octanol–water partition coefficient (Wildman–Crippen LogP) is 1.59. The molecular weight excluding hydrogens is 252 g/mol. The lowest BCUT2D eigenvalue weighted by Crippen LogP contribution is -2.48. The lowest BCUT2D eigenvalue weighted by atomic mass is 10.1. The van der Waals surface area contributed by atoms with E-state index < -0.39 is 0 Å². The summed E-state index contributed by atoms with van der Waals surface area (Å²) in [4.78, 5) is 14.6. The van der Waals surface area contributed by atoms with Gasteiger partial charge in [0.1, 0.15) is 5.69 Å². The molecule has 1 aromatic rings. The third-order valence-electron chi connectivity index (χ3n) is 3.90. The van der Waals surface area contributed by atoms with E-state index in [1.165, 1.54) is 0 Å². The van der Waals surface area contributed by atoms with Gasteiger partial charge in [0.05, 0.1) is 5.69 Å². The molecule has 1 unspecified atom stereocenters. The second-order valence-electron chi connectivity index (χ2n) is 5.54. The molecule has 0 bridgehead atoms. The van der Waals surface area contributed by atoms with Crippen molar-refractivity contribution >= 4 is 5.91 Å². The maximum Gasteiger partial charge on any atom is 0.272 e. The Bertz CT molecular complexity index is 455. The molecule has 5 heteroatoms. The Kier molecular flexibility index (Phi) is 5.17. The minimum absolute atomic E-state index is 0.114. The fourth-order valence-electron chi connectivity index (χ4n) is 2.74. The second-order valence-corrected chi connectivity index (χ2v) is 5.54. The van der Waals surface area contributed by atoms with Crippen molar-refractivity contribution in [1.82, 2.24) is 20.0 Å². The van der Waals surface area contributed by atoms with Gasteiger partial charge in [-0.1, -0.05) is 13.8 Å². The molecule has 1 aromatic heterocycles. The number of piperidine rings is 1. The highest BCUT2D eigenvalue weighted by Crippen LogP contribution is 2.14. The monoisotopic (exact) mass is 278 g/mol. The average molecular weight is 278 g/mol. The van der Waals surface area contributed by atoms with Crippen LogP contribution in [0.3, 0.4) is 0 Å². The maximum absolute atomic E-state index is 12.6. The van der Waals surface area contributed by atoms with Crippen LogP contribution in [0.4, 0.5) is 0 Å². The highest BCUT2D eigenvalue weighted by atomic mass is 16.2. The van der Waals surface area contributed by atoms with Gasteiger partial charge < -0.3 is 10.2 Å². The lowest BCUT2D eigenvalue weighted by molar-refractivity contribution is 0.0684. The lowest BCUT2D eigenvalue weighted by Gasteiger charge is -2.33. The molecule has 1 amide bonds. The summed E-state index contributed by atoms with van der Waals surface area (Å²) in [5.41, 5.74) is 1.69. The zero-order valence-corrected chi connectivity index (χ0v) is 12.9. The molecule has 1 fully saturated rings. The molecule has 0 aromatic carbocycles. The number of amides is 1. The van der Waals surface area contributed by atoms with Crippen LogP contribution >= 0.6 is 0 Å². The van der Waals surface area contributed by atoms with Gasteiger partial charge in [0.15, 0.2) is 0 Å². The van der Waals surface area contributed by atoms with E-state index in [0.29, 0.717) is 11.7 Å². The normalized spacial score (nSPS) is 19.4. The topological polar surface area (TPSA) is 50.2 Å². The van der Waals surface area contributed by atoms with Gasteiger partial charge >= 0.3 is 0 Å². The molecule has 20 heavy (non-hydrogen) atoms. The Balaban J connectivity index is 2.02. The summed E-state index contributed by atoms with van der Waals surface area (Å²) >= 11 is 0. The first-order valence-corrected chi connectivity index (χ1v) is 7.71. The third-order valence-corrected chi connectivity index (χ3v) is 3.90. The number of nitrogens with one attached hydrogen (secondary N) is 1. The maximum atomic E-state index is 12.6. The molecule has 1 atom stereocenters. The van der Waals surface area contributed by atoms with E-state index in [9.17, 15) is 4.79 Å². The minimum atomic E-state index is 0.114. The molecule has 0 aliphatic carbocycles. The van der Waals surface area contributed by atoms with Gasteiger partial charge in [0.2, 0.25) is 0 Å². The van der Waals surface area contributed by atoms with E-state index >= 15 is 0 Å². The fourth-order valence-corrected chi connectivity index (χ4v) is 2.74. The molecule has 2 heterocycles. The van der Waals surface area contributed by atoms with Gasteiger partial charge in [-0.25, -0.2) is 0 Å². The summed E-state index contributed by atoms with van der Waals surface area (Å²) in [6, 6.07) is 2.36. The van der Waals surface area contributed by atoms with Crippen molar-refractivity contribution in [3.63, 3.8) is 0 Å². The summed E-state index contributed by atoms with van der Waals surface area (Å²) in [6.45, 7) is 6.92. The van der Waals surface area contributed by atoms with Crippen LogP contribution in [0.1, 0.15) is 49.3 Å². The van der Waals surface area contributed by atoms with Gasteiger partial charge in [-0.2, -0.15) is 5.10 Å². The molecule has 0 saturated carbocycles. The smallest absolute Gasteiger partial charge is 0.272 e. The number of aromatic nitrogens is 2. The van der Waals surface area contributed by atoms with Gasteiger partial charge in [-0.3, -0.25) is 9.48 Å². The van der Waals surface area contributed by atoms with Crippen LogP contribution in [0.25, 0.3) is 0 Å². The van der Waals surface area contributed by atoms with Gasteiger partial charge in [0.25, 0.3) is 5.91 Å². The number of likely N-dealkylation sites (tertiary alicyclic amines) is 1. The molecular formula is C15H26N4O. The number of carbonyl (C=O) groups is 1. The first-order valence-electron chi connectivity index (χ1n) is 7.71. The summed E-state index contributed by atoms with van der Waals surface area (Å²) in [6.07, 6.45) is 4.23. The van der Waals surface area contributed by atoms with Crippen LogP contribution in [0, 0.1) is 0 Å². The molecule has 0 spiro atoms. The Morgan fingerprint density at radius 2 is 2.30 bits per heavy atom. The molecule has 1 N–H and O–H groups in total. The number of carbonyl (C=O) groups excluding carboxylic acids is 1. The Morgan fingerprint density at radius 3 is 2.95 bits per heavy atom. The highest BCUT2D eigenvalue weighted by molar-refractivity contribution is 5.92. The minimum Gasteiger partial charge on any atom is -0.336 e. The molecule has 5 nitrogen and oxygen atoms in total. The van der Waals surface area contributed by atoms with Crippen molar-refractivity contribution in [2.24, 2.45) is 7.05 Å². The Morgan fingerprint density at radius 1 is 1.50 bits per heavy atom. The van der Waals surface area contributed by atoms with Gasteiger partial charge in [-0.05, 0) is 38.3 Å². The van der Waals surface area contributed by atoms with Gasteiger partial charge in [0, 0.05) is 26.2 Å². The fraction of sp³-hybridized carbons (Fsp3) is 0.733. The first kappa shape index (κ1) is 15.0. The zero-order chi connectivity index (χ0) is 14.5. The van der Waals surface area contributed by atoms with Crippen molar-refractivity contribution in [3.05, 3.63) is 17.5 Å². The largest absolute Gasteiger partial charge is 0.336 e. The molecule has 1 aliphatic heterocycles. The van der Waals surface area contributed by atoms with E-state index in [0.717, 1.165) is 51.0 Å². The highest BCUT2D eigenvalue weighted by Gasteiger charge is 2.26. The second kappa shape index (κ2) is 6.88. The number of nitrogens with zero attached hydrogens (tertiary/aromatic N) is 3. The average Bonchev–Trinajstić information content (AvgIpc) is 2.86. The van der Waals surface area contributed by atoms with Crippen molar-refractivity contribution in [1.29, 1.82) is 0 Å².